The first-order valence-corrected chi connectivity index (χ1v) is 7.26. The van der Waals surface area contributed by atoms with Crippen LogP contribution in [0.3, 0.4) is 0 Å². The van der Waals surface area contributed by atoms with Crippen molar-refractivity contribution in [3.8, 4) is 5.75 Å². The van der Waals surface area contributed by atoms with Gasteiger partial charge in [0.25, 0.3) is 5.91 Å². The number of rotatable bonds is 6. The number of carbonyl (C=O) groups excluding carboxylic acids is 1. The molecular formula is C16H17ClN4O2. The van der Waals surface area contributed by atoms with Crippen molar-refractivity contribution in [2.24, 2.45) is 0 Å². The summed E-state index contributed by atoms with van der Waals surface area (Å²) < 4.78 is 5.21. The summed E-state index contributed by atoms with van der Waals surface area (Å²) in [7, 11) is 1.52. The summed E-state index contributed by atoms with van der Waals surface area (Å²) in [6.45, 7) is 5.89. The lowest BCUT2D eigenvalue weighted by Crippen LogP contribution is -2.16. The minimum absolute atomic E-state index is 0.242. The molecule has 0 fully saturated rings. The molecule has 0 aliphatic rings. The van der Waals surface area contributed by atoms with Crippen LogP contribution >= 0.6 is 11.6 Å². The van der Waals surface area contributed by atoms with Crippen molar-refractivity contribution in [1.82, 2.24) is 9.97 Å². The van der Waals surface area contributed by atoms with E-state index in [0.717, 1.165) is 0 Å². The zero-order chi connectivity index (χ0) is 16.8. The van der Waals surface area contributed by atoms with Gasteiger partial charge in [-0.15, -0.1) is 6.58 Å². The lowest BCUT2D eigenvalue weighted by Gasteiger charge is -2.11. The highest BCUT2D eigenvalue weighted by atomic mass is 35.5. The van der Waals surface area contributed by atoms with E-state index in [1.54, 1.807) is 37.3 Å². The zero-order valence-electron chi connectivity index (χ0n) is 12.9. The Bertz CT molecular complexity index is 734. The molecule has 23 heavy (non-hydrogen) atoms. The van der Waals surface area contributed by atoms with E-state index >= 15 is 0 Å². The highest BCUT2D eigenvalue weighted by Crippen LogP contribution is 2.28. The van der Waals surface area contributed by atoms with Gasteiger partial charge in [0.05, 0.1) is 12.8 Å². The van der Waals surface area contributed by atoms with E-state index in [2.05, 4.69) is 27.2 Å². The maximum atomic E-state index is 12.4. The van der Waals surface area contributed by atoms with Crippen LogP contribution in [0.1, 0.15) is 16.3 Å². The minimum Gasteiger partial charge on any atom is -0.495 e. The van der Waals surface area contributed by atoms with Crippen LogP contribution in [0.4, 0.5) is 11.5 Å². The first kappa shape index (κ1) is 16.8. The van der Waals surface area contributed by atoms with E-state index in [0.29, 0.717) is 34.6 Å². The summed E-state index contributed by atoms with van der Waals surface area (Å²) in [4.78, 5) is 20.8. The molecule has 0 spiro atoms. The van der Waals surface area contributed by atoms with Crippen LogP contribution in [-0.4, -0.2) is 29.5 Å². The van der Waals surface area contributed by atoms with Gasteiger partial charge in [-0.1, -0.05) is 17.7 Å². The van der Waals surface area contributed by atoms with Crippen LogP contribution in [0.15, 0.2) is 36.9 Å². The largest absolute Gasteiger partial charge is 0.495 e. The average molecular weight is 333 g/mol. The van der Waals surface area contributed by atoms with Crippen LogP contribution in [0, 0.1) is 6.92 Å². The molecule has 1 amide bonds. The topological polar surface area (TPSA) is 76.1 Å². The fraction of sp³-hybridized carbons (Fsp3) is 0.188. The molecule has 0 aliphatic carbocycles. The number of benzene rings is 1. The molecule has 120 valence electrons. The van der Waals surface area contributed by atoms with E-state index in [9.17, 15) is 4.79 Å². The molecule has 1 heterocycles. The number of anilines is 2. The second kappa shape index (κ2) is 7.60. The number of nitrogens with one attached hydrogen (secondary N) is 2. The number of ether oxygens (including phenoxy) is 1. The van der Waals surface area contributed by atoms with Crippen LogP contribution in [0.5, 0.6) is 5.75 Å². The zero-order valence-corrected chi connectivity index (χ0v) is 13.6. The van der Waals surface area contributed by atoms with Crippen LogP contribution < -0.4 is 15.4 Å². The van der Waals surface area contributed by atoms with E-state index in [4.69, 9.17) is 16.3 Å². The monoisotopic (exact) mass is 332 g/mol. The van der Waals surface area contributed by atoms with Gasteiger partial charge in [0.15, 0.2) is 0 Å². The predicted molar refractivity (Wildman–Crippen MR) is 91.4 cm³/mol. The van der Waals surface area contributed by atoms with E-state index in [-0.39, 0.29) is 11.6 Å². The summed E-state index contributed by atoms with van der Waals surface area (Å²) in [5.74, 6) is 1.18. The first-order chi connectivity index (χ1) is 11.0. The molecule has 0 radical (unpaired) electrons. The number of nitrogens with zero attached hydrogens (tertiary/aromatic N) is 2. The summed E-state index contributed by atoms with van der Waals surface area (Å²) in [5, 5.41) is 6.27. The molecule has 0 saturated carbocycles. The summed E-state index contributed by atoms with van der Waals surface area (Å²) >= 11 is 5.96. The van der Waals surface area contributed by atoms with Gasteiger partial charge in [-0.05, 0) is 25.1 Å². The lowest BCUT2D eigenvalue weighted by molar-refractivity contribution is 0.102. The minimum atomic E-state index is -0.377. The summed E-state index contributed by atoms with van der Waals surface area (Å²) in [5.41, 5.74) is 0.716. The molecule has 0 saturated heterocycles. The predicted octanol–water partition coefficient (Wildman–Crippen LogP) is 3.30. The molecule has 0 aliphatic heterocycles. The number of halogens is 1. The molecule has 7 heteroatoms. The number of aromatic nitrogens is 2. The van der Waals surface area contributed by atoms with Crippen molar-refractivity contribution >= 4 is 29.0 Å². The van der Waals surface area contributed by atoms with Crippen molar-refractivity contribution in [1.29, 1.82) is 0 Å². The lowest BCUT2D eigenvalue weighted by atomic mass is 10.2. The van der Waals surface area contributed by atoms with Crippen molar-refractivity contribution in [2.45, 2.75) is 6.92 Å². The van der Waals surface area contributed by atoms with Crippen molar-refractivity contribution in [2.75, 3.05) is 24.3 Å². The standard InChI is InChI=1S/C16H17ClN4O2/c1-4-7-18-15-9-13(19-10(2)20-15)16(22)21-12-8-11(17)5-6-14(12)23-3/h4-6,8-9H,1,7H2,2-3H3,(H,21,22)(H,18,19,20). The van der Waals surface area contributed by atoms with Crippen LogP contribution in [0.25, 0.3) is 0 Å². The Labute approximate surface area is 139 Å². The molecule has 0 bridgehead atoms. The highest BCUT2D eigenvalue weighted by Gasteiger charge is 2.13. The molecule has 6 nitrogen and oxygen atoms in total. The van der Waals surface area contributed by atoms with Gasteiger partial charge in [-0.2, -0.15) is 0 Å². The van der Waals surface area contributed by atoms with Crippen molar-refractivity contribution in [3.63, 3.8) is 0 Å². The molecule has 2 aromatic rings. The molecule has 0 unspecified atom stereocenters. The molecule has 2 N–H and O–H groups in total. The fourth-order valence-corrected chi connectivity index (χ4v) is 2.09. The number of amides is 1. The molecule has 0 atom stereocenters. The van der Waals surface area contributed by atoms with E-state index < -0.39 is 0 Å². The maximum Gasteiger partial charge on any atom is 0.274 e. The Morgan fingerprint density at radius 1 is 1.39 bits per heavy atom. The molecule has 1 aromatic heterocycles. The second-order valence-corrected chi connectivity index (χ2v) is 5.09. The van der Waals surface area contributed by atoms with Crippen LogP contribution in [-0.2, 0) is 0 Å². The van der Waals surface area contributed by atoms with Gasteiger partial charge in [-0.25, -0.2) is 9.97 Å². The van der Waals surface area contributed by atoms with E-state index in [1.165, 1.54) is 7.11 Å². The average Bonchev–Trinajstić information content (AvgIpc) is 2.52. The quantitative estimate of drug-likeness (QED) is 0.794. The number of aryl methyl sites for hydroxylation is 1. The van der Waals surface area contributed by atoms with Gasteiger partial charge in [0.2, 0.25) is 0 Å². The Kier molecular flexibility index (Phi) is 5.54. The smallest absolute Gasteiger partial charge is 0.274 e. The number of carbonyl (C=O) groups is 1. The van der Waals surface area contributed by atoms with Crippen LogP contribution in [0.2, 0.25) is 5.02 Å². The highest BCUT2D eigenvalue weighted by molar-refractivity contribution is 6.31. The van der Waals surface area contributed by atoms with Crippen molar-refractivity contribution in [3.05, 3.63) is 53.5 Å². The maximum absolute atomic E-state index is 12.4. The molecule has 2 rings (SSSR count). The Morgan fingerprint density at radius 2 is 2.17 bits per heavy atom. The summed E-state index contributed by atoms with van der Waals surface area (Å²) in [6.07, 6.45) is 1.70. The fourth-order valence-electron chi connectivity index (χ4n) is 1.92. The summed E-state index contributed by atoms with van der Waals surface area (Å²) in [6, 6.07) is 6.55. The van der Waals surface area contributed by atoms with Gasteiger partial charge in [0, 0.05) is 17.6 Å². The van der Waals surface area contributed by atoms with Gasteiger partial charge in [0.1, 0.15) is 23.1 Å². The first-order valence-electron chi connectivity index (χ1n) is 6.89. The van der Waals surface area contributed by atoms with Crippen molar-refractivity contribution < 1.29 is 9.53 Å². The Balaban J connectivity index is 2.25. The Hall–Kier alpha value is -2.60. The third kappa shape index (κ3) is 4.43. The molecular weight excluding hydrogens is 316 g/mol. The number of hydrogen-bond donors (Lipinski definition) is 2. The number of methoxy groups -OCH3 is 1. The molecule has 1 aromatic carbocycles. The third-order valence-electron chi connectivity index (χ3n) is 2.91. The number of hydrogen-bond acceptors (Lipinski definition) is 5. The van der Waals surface area contributed by atoms with E-state index in [1.807, 2.05) is 0 Å². The van der Waals surface area contributed by atoms with Gasteiger partial charge in [-0.3, -0.25) is 4.79 Å². The van der Waals surface area contributed by atoms with Gasteiger partial charge >= 0.3 is 0 Å². The SMILES string of the molecule is C=CCNc1cc(C(=O)Nc2cc(Cl)ccc2OC)nc(C)n1. The third-order valence-corrected chi connectivity index (χ3v) is 3.14. The van der Waals surface area contributed by atoms with Gasteiger partial charge < -0.3 is 15.4 Å². The normalized spacial score (nSPS) is 10.0. The Morgan fingerprint density at radius 3 is 2.87 bits per heavy atom. The second-order valence-electron chi connectivity index (χ2n) is 4.65.